The highest BCUT2D eigenvalue weighted by atomic mass is 31.2. The molecule has 0 radical (unpaired) electrons. The van der Waals surface area contributed by atoms with Gasteiger partial charge >= 0.3 is 0 Å². The van der Waals surface area contributed by atoms with E-state index in [9.17, 15) is 0 Å². The summed E-state index contributed by atoms with van der Waals surface area (Å²) in [5.74, 6) is 0. The molecule has 3 nitrogen and oxygen atoms in total. The lowest BCUT2D eigenvalue weighted by Gasteiger charge is -2.28. The van der Waals surface area contributed by atoms with E-state index < -0.39 is 7.26 Å². The standard InChI is InChI=1S/C24H52P.C2HN3/c1-5-9-13-14-15-16-17-18-19-20-24-25(21-10-6-2,22-11-7-3)23-12-8-4;3-1-5-2-4/h5-24H2,1-4H3;5H/q+1;. The normalized spacial score (nSPS) is 10.6. The van der Waals surface area contributed by atoms with E-state index >= 15 is 0 Å². The van der Waals surface area contributed by atoms with Gasteiger partial charge in [0.05, 0.1) is 24.6 Å². The van der Waals surface area contributed by atoms with Crippen LogP contribution in [0.5, 0.6) is 0 Å². The summed E-state index contributed by atoms with van der Waals surface area (Å²) in [6.45, 7) is 9.46. The number of nitrogens with one attached hydrogen (secondary N) is 1. The lowest BCUT2D eigenvalue weighted by molar-refractivity contribution is 0.562. The summed E-state index contributed by atoms with van der Waals surface area (Å²) < 4.78 is 0. The second-order valence-corrected chi connectivity index (χ2v) is 13.3. The Hall–Kier alpha value is -0.790. The van der Waals surface area contributed by atoms with Gasteiger partial charge in [0.1, 0.15) is 0 Å². The molecule has 176 valence electrons. The van der Waals surface area contributed by atoms with Crippen molar-refractivity contribution in [2.45, 2.75) is 130 Å². The van der Waals surface area contributed by atoms with Gasteiger partial charge in [-0.3, -0.25) is 0 Å². The minimum absolute atomic E-state index is 0.620. The first-order valence-corrected chi connectivity index (χ1v) is 15.6. The molecule has 0 aromatic rings. The van der Waals surface area contributed by atoms with E-state index in [1.165, 1.54) is 109 Å². The molecule has 0 saturated heterocycles. The van der Waals surface area contributed by atoms with E-state index in [4.69, 9.17) is 10.5 Å². The Kier molecular flexibility index (Phi) is 27.5. The van der Waals surface area contributed by atoms with Gasteiger partial charge in [0.25, 0.3) is 0 Å². The Balaban J connectivity index is 0. The summed E-state index contributed by atoms with van der Waals surface area (Å²) in [5.41, 5.74) is 0. The van der Waals surface area contributed by atoms with Gasteiger partial charge in [-0.25, -0.2) is 5.32 Å². The monoisotopic (exact) mass is 438 g/mol. The highest BCUT2D eigenvalue weighted by Gasteiger charge is 2.34. The van der Waals surface area contributed by atoms with Gasteiger partial charge in [0.2, 0.25) is 0 Å². The lowest BCUT2D eigenvalue weighted by atomic mass is 10.1. The Morgan fingerprint density at radius 2 is 0.767 bits per heavy atom. The predicted molar refractivity (Wildman–Crippen MR) is 137 cm³/mol. The maximum Gasteiger partial charge on any atom is 0.190 e. The van der Waals surface area contributed by atoms with Gasteiger partial charge in [-0.15, -0.1) is 0 Å². The van der Waals surface area contributed by atoms with Crippen LogP contribution in [-0.2, 0) is 0 Å². The number of nitriles is 2. The molecular weight excluding hydrogens is 385 g/mol. The third kappa shape index (κ3) is 21.9. The third-order valence-electron chi connectivity index (χ3n) is 6.06. The molecule has 0 saturated carbocycles. The molecule has 0 amide bonds. The number of hydrogen-bond donors (Lipinski definition) is 1. The zero-order chi connectivity index (χ0) is 22.8. The van der Waals surface area contributed by atoms with Crippen molar-refractivity contribution >= 4 is 7.26 Å². The van der Waals surface area contributed by atoms with E-state index in [2.05, 4.69) is 27.7 Å². The average molecular weight is 439 g/mol. The van der Waals surface area contributed by atoms with Crippen LogP contribution in [-0.4, -0.2) is 24.6 Å². The number of unbranched alkanes of at least 4 members (excludes halogenated alkanes) is 12. The van der Waals surface area contributed by atoms with E-state index in [-0.39, 0.29) is 0 Å². The maximum atomic E-state index is 7.48. The first kappa shape index (κ1) is 31.4. The van der Waals surface area contributed by atoms with Crippen molar-refractivity contribution in [3.8, 4) is 12.4 Å². The van der Waals surface area contributed by atoms with Crippen molar-refractivity contribution in [3.63, 3.8) is 0 Å². The topological polar surface area (TPSA) is 59.6 Å². The lowest BCUT2D eigenvalue weighted by Crippen LogP contribution is -2.13. The third-order valence-corrected chi connectivity index (χ3v) is 11.1. The van der Waals surface area contributed by atoms with Gasteiger partial charge in [-0.1, -0.05) is 98.3 Å². The molecule has 30 heavy (non-hydrogen) atoms. The molecule has 1 N–H and O–H groups in total. The zero-order valence-corrected chi connectivity index (χ0v) is 21.9. The largest absolute Gasteiger partial charge is 0.229 e. The smallest absolute Gasteiger partial charge is 0.190 e. The van der Waals surface area contributed by atoms with Crippen LogP contribution >= 0.6 is 7.26 Å². The maximum absolute atomic E-state index is 7.48. The van der Waals surface area contributed by atoms with Crippen LogP contribution < -0.4 is 5.32 Å². The van der Waals surface area contributed by atoms with E-state index in [1.54, 1.807) is 36.4 Å². The summed E-state index contributed by atoms with van der Waals surface area (Å²) in [5, 5.41) is 16.7. The summed E-state index contributed by atoms with van der Waals surface area (Å²) in [7, 11) is -0.620. The van der Waals surface area contributed by atoms with Gasteiger partial charge in [-0.2, -0.15) is 10.5 Å². The van der Waals surface area contributed by atoms with Crippen molar-refractivity contribution in [3.05, 3.63) is 0 Å². The number of rotatable bonds is 20. The summed E-state index contributed by atoms with van der Waals surface area (Å²) in [6.07, 6.45) is 32.8. The minimum Gasteiger partial charge on any atom is -0.229 e. The summed E-state index contributed by atoms with van der Waals surface area (Å²) >= 11 is 0. The highest BCUT2D eigenvalue weighted by molar-refractivity contribution is 7.75. The second kappa shape index (κ2) is 26.2. The predicted octanol–water partition coefficient (Wildman–Crippen LogP) is 8.86. The van der Waals surface area contributed by atoms with E-state index in [0.717, 1.165) is 0 Å². The van der Waals surface area contributed by atoms with Gasteiger partial charge < -0.3 is 0 Å². The zero-order valence-electron chi connectivity index (χ0n) is 21.0. The fourth-order valence-electron chi connectivity index (χ4n) is 4.11. The Labute approximate surface area is 190 Å². The average Bonchev–Trinajstić information content (AvgIpc) is 2.76. The molecule has 0 fully saturated rings. The van der Waals surface area contributed by atoms with Crippen LogP contribution in [0.4, 0.5) is 0 Å². The van der Waals surface area contributed by atoms with Crippen molar-refractivity contribution < 1.29 is 0 Å². The van der Waals surface area contributed by atoms with Crippen molar-refractivity contribution in [2.75, 3.05) is 24.6 Å². The molecule has 0 aromatic heterocycles. The molecule has 0 heterocycles. The molecule has 0 unspecified atom stereocenters. The van der Waals surface area contributed by atoms with Crippen LogP contribution in [0.25, 0.3) is 0 Å². The fourth-order valence-corrected chi connectivity index (χ4v) is 9.31. The molecule has 0 aliphatic rings. The Morgan fingerprint density at radius 1 is 0.467 bits per heavy atom. The van der Waals surface area contributed by atoms with Crippen molar-refractivity contribution in [1.29, 1.82) is 10.5 Å². The quantitative estimate of drug-likeness (QED) is 0.0893. The van der Waals surface area contributed by atoms with Gasteiger partial charge in [0, 0.05) is 7.26 Å². The highest BCUT2D eigenvalue weighted by Crippen LogP contribution is 2.61. The molecule has 0 aliphatic heterocycles. The second-order valence-electron chi connectivity index (χ2n) is 8.83. The summed E-state index contributed by atoms with van der Waals surface area (Å²) in [4.78, 5) is 0. The minimum atomic E-state index is -0.620. The summed E-state index contributed by atoms with van der Waals surface area (Å²) in [6, 6.07) is 0. The molecule has 0 aliphatic carbocycles. The molecule has 0 spiro atoms. The van der Waals surface area contributed by atoms with Crippen LogP contribution in [0, 0.1) is 22.9 Å². The Bertz CT molecular complexity index is 378. The molecule has 4 heteroatoms. The number of nitrogens with zero attached hydrogens (tertiary/aromatic N) is 2. The van der Waals surface area contributed by atoms with E-state index in [0.29, 0.717) is 0 Å². The van der Waals surface area contributed by atoms with E-state index in [1.807, 2.05) is 0 Å². The van der Waals surface area contributed by atoms with Crippen LogP contribution in [0.15, 0.2) is 0 Å². The number of hydrogen-bond acceptors (Lipinski definition) is 3. The SMILES string of the molecule is CCCCCCCCCCCC[P+](CCCC)(CCCC)CCCC.N#CNC#N. The first-order chi connectivity index (χ1) is 14.7. The van der Waals surface area contributed by atoms with Gasteiger partial charge in [0.15, 0.2) is 12.4 Å². The van der Waals surface area contributed by atoms with Crippen molar-refractivity contribution in [2.24, 2.45) is 0 Å². The molecule has 0 aromatic carbocycles. The molecule has 0 bridgehead atoms. The first-order valence-electron chi connectivity index (χ1n) is 13.0. The Morgan fingerprint density at radius 3 is 1.07 bits per heavy atom. The van der Waals surface area contributed by atoms with Crippen LogP contribution in [0.1, 0.15) is 130 Å². The van der Waals surface area contributed by atoms with Crippen LogP contribution in [0.3, 0.4) is 0 Å². The van der Waals surface area contributed by atoms with Gasteiger partial charge in [-0.05, 0) is 32.1 Å². The van der Waals surface area contributed by atoms with Crippen molar-refractivity contribution in [1.82, 2.24) is 5.32 Å². The van der Waals surface area contributed by atoms with Crippen LogP contribution in [0.2, 0.25) is 0 Å². The molecular formula is C26H53N3P+. The molecule has 0 rings (SSSR count). The fraction of sp³-hybridized carbons (Fsp3) is 0.923. The molecule has 0 atom stereocenters.